The van der Waals surface area contributed by atoms with Gasteiger partial charge in [0.25, 0.3) is 0 Å². The SMILES string of the molecule is c1ccc2c(c1)nc1n(-c3nc(-c4ccc5oc6ccccc6c5c4)nc(-c4ccc5oc6ccccc6c5c4)n3)c3ccccc3n21. The summed E-state index contributed by atoms with van der Waals surface area (Å²) in [6.45, 7) is 0. The van der Waals surface area contributed by atoms with E-state index in [1.165, 1.54) is 0 Å². The number of hydrogen-bond donors (Lipinski definition) is 0. The number of rotatable bonds is 3. The second kappa shape index (κ2) is 9.37. The molecule has 8 nitrogen and oxygen atoms in total. The number of furan rings is 2. The highest BCUT2D eigenvalue weighted by atomic mass is 16.3. The fourth-order valence-electron chi connectivity index (χ4n) is 7.00. The van der Waals surface area contributed by atoms with Crippen LogP contribution in [-0.4, -0.2) is 28.9 Å². The number of nitrogens with zero attached hydrogens (tertiary/aromatic N) is 6. The number of hydrogen-bond acceptors (Lipinski definition) is 6. The zero-order valence-electron chi connectivity index (χ0n) is 25.2. The first-order chi connectivity index (χ1) is 23.8. The third-order valence-electron chi connectivity index (χ3n) is 9.20. The Bertz CT molecular complexity index is 2960. The predicted molar refractivity (Wildman–Crippen MR) is 188 cm³/mol. The summed E-state index contributed by atoms with van der Waals surface area (Å²) in [6.07, 6.45) is 0. The van der Waals surface area contributed by atoms with Gasteiger partial charge in [0.1, 0.15) is 22.3 Å². The topological polar surface area (TPSA) is 87.2 Å². The summed E-state index contributed by atoms with van der Waals surface area (Å²) in [5.41, 5.74) is 8.91. The monoisotopic (exact) mass is 618 g/mol. The maximum absolute atomic E-state index is 6.14. The van der Waals surface area contributed by atoms with Gasteiger partial charge in [-0.3, -0.25) is 4.40 Å². The van der Waals surface area contributed by atoms with Crippen LogP contribution in [0.15, 0.2) is 142 Å². The smallest absolute Gasteiger partial charge is 0.241 e. The van der Waals surface area contributed by atoms with Crippen LogP contribution in [0.25, 0.3) is 100 Å². The minimum absolute atomic E-state index is 0.478. The lowest BCUT2D eigenvalue weighted by atomic mass is 10.1. The molecule has 0 aliphatic rings. The van der Waals surface area contributed by atoms with E-state index in [0.717, 1.165) is 82.8 Å². The highest BCUT2D eigenvalue weighted by molar-refractivity contribution is 6.07. The van der Waals surface area contributed by atoms with E-state index in [4.69, 9.17) is 28.8 Å². The van der Waals surface area contributed by atoms with Crippen molar-refractivity contribution in [3.63, 3.8) is 0 Å². The Balaban J connectivity index is 1.21. The summed E-state index contributed by atoms with van der Waals surface area (Å²) < 4.78 is 16.5. The highest BCUT2D eigenvalue weighted by Gasteiger charge is 2.21. The van der Waals surface area contributed by atoms with E-state index in [1.807, 2.05) is 95.6 Å². The van der Waals surface area contributed by atoms with Gasteiger partial charge in [-0.1, -0.05) is 60.7 Å². The molecule has 8 heteroatoms. The van der Waals surface area contributed by atoms with Crippen LogP contribution in [-0.2, 0) is 0 Å². The molecule has 224 valence electrons. The van der Waals surface area contributed by atoms with Crippen molar-refractivity contribution in [3.8, 4) is 28.7 Å². The zero-order valence-corrected chi connectivity index (χ0v) is 25.2. The quantitative estimate of drug-likeness (QED) is 0.196. The summed E-state index contributed by atoms with van der Waals surface area (Å²) >= 11 is 0. The van der Waals surface area contributed by atoms with Crippen LogP contribution >= 0.6 is 0 Å². The van der Waals surface area contributed by atoms with Crippen molar-refractivity contribution in [2.45, 2.75) is 0 Å². The minimum atomic E-state index is 0.478. The van der Waals surface area contributed by atoms with E-state index in [1.54, 1.807) is 0 Å². The van der Waals surface area contributed by atoms with Crippen LogP contribution in [0, 0.1) is 0 Å². The normalized spacial score (nSPS) is 12.2. The number of imidazole rings is 2. The lowest BCUT2D eigenvalue weighted by Crippen LogP contribution is -2.07. The second-order valence-electron chi connectivity index (χ2n) is 12.0. The largest absolute Gasteiger partial charge is 0.456 e. The Hall–Kier alpha value is -6.80. The molecular formula is C40H22N6O2. The fraction of sp³-hybridized carbons (Fsp3) is 0. The van der Waals surface area contributed by atoms with Crippen molar-refractivity contribution in [1.82, 2.24) is 28.9 Å². The van der Waals surface area contributed by atoms with Gasteiger partial charge in [-0.05, 0) is 72.8 Å². The second-order valence-corrected chi connectivity index (χ2v) is 12.0. The average molecular weight is 619 g/mol. The molecule has 0 unspecified atom stereocenters. The Morgan fingerprint density at radius 1 is 0.417 bits per heavy atom. The summed E-state index contributed by atoms with van der Waals surface area (Å²) in [5.74, 6) is 2.30. The summed E-state index contributed by atoms with van der Waals surface area (Å²) in [4.78, 5) is 20.5. The van der Waals surface area contributed by atoms with Crippen molar-refractivity contribution in [2.75, 3.05) is 0 Å². The van der Waals surface area contributed by atoms with Crippen molar-refractivity contribution in [1.29, 1.82) is 0 Å². The number of para-hydroxylation sites is 6. The standard InChI is InChI=1S/C40H22N6O2/c1-7-15-33-25(9-1)27-21-23(17-19-35(27)47-33)37-42-38(24-18-20-36-28(22-24)26-10-2-8-16-34(26)48-36)44-39(43-37)46-32-14-6-5-13-31(32)45-30-12-4-3-11-29(30)41-40(45)46/h1-22H. The van der Waals surface area contributed by atoms with Gasteiger partial charge >= 0.3 is 0 Å². The molecule has 0 atom stereocenters. The minimum Gasteiger partial charge on any atom is -0.456 e. The van der Waals surface area contributed by atoms with Crippen molar-refractivity contribution in [2.24, 2.45) is 0 Å². The van der Waals surface area contributed by atoms with Crippen molar-refractivity contribution in [3.05, 3.63) is 133 Å². The Morgan fingerprint density at radius 2 is 0.938 bits per heavy atom. The number of aromatic nitrogens is 6. The van der Waals surface area contributed by atoms with E-state index >= 15 is 0 Å². The Labute approximate surface area is 271 Å². The molecular weight excluding hydrogens is 596 g/mol. The molecule has 0 bridgehead atoms. The van der Waals surface area contributed by atoms with Gasteiger partial charge in [-0.25, -0.2) is 14.5 Å². The lowest BCUT2D eigenvalue weighted by Gasteiger charge is -2.10. The van der Waals surface area contributed by atoms with Crippen LogP contribution in [0.2, 0.25) is 0 Å². The first-order valence-electron chi connectivity index (χ1n) is 15.7. The van der Waals surface area contributed by atoms with Gasteiger partial charge < -0.3 is 8.83 Å². The molecule has 0 aliphatic carbocycles. The summed E-state index contributed by atoms with van der Waals surface area (Å²) in [7, 11) is 0. The average Bonchev–Trinajstić information content (AvgIpc) is 3.89. The van der Waals surface area contributed by atoms with E-state index < -0.39 is 0 Å². The summed E-state index contributed by atoms with van der Waals surface area (Å²) in [5, 5.41) is 4.10. The van der Waals surface area contributed by atoms with Crippen LogP contribution in [0.1, 0.15) is 0 Å². The van der Waals surface area contributed by atoms with Gasteiger partial charge in [-0.15, -0.1) is 0 Å². The van der Waals surface area contributed by atoms with Gasteiger partial charge in [0.2, 0.25) is 11.7 Å². The van der Waals surface area contributed by atoms with E-state index in [-0.39, 0.29) is 0 Å². The van der Waals surface area contributed by atoms with E-state index in [9.17, 15) is 0 Å². The molecule has 0 aliphatic heterocycles. The van der Waals surface area contributed by atoms with Crippen LogP contribution < -0.4 is 0 Å². The maximum atomic E-state index is 6.14. The highest BCUT2D eigenvalue weighted by Crippen LogP contribution is 2.35. The first-order valence-corrected chi connectivity index (χ1v) is 15.7. The molecule has 11 rings (SSSR count). The maximum Gasteiger partial charge on any atom is 0.241 e. The molecule has 0 spiro atoms. The molecule has 5 aromatic heterocycles. The van der Waals surface area contributed by atoms with E-state index in [0.29, 0.717) is 17.6 Å². The molecule has 0 N–H and O–H groups in total. The van der Waals surface area contributed by atoms with Crippen molar-refractivity contribution < 1.29 is 8.83 Å². The molecule has 0 saturated carbocycles. The molecule has 5 heterocycles. The van der Waals surface area contributed by atoms with Gasteiger partial charge in [0.15, 0.2) is 11.6 Å². The van der Waals surface area contributed by atoms with Gasteiger partial charge in [0, 0.05) is 32.7 Å². The number of fused-ring (bicyclic) bond motifs is 11. The molecule has 0 amide bonds. The van der Waals surface area contributed by atoms with E-state index in [2.05, 4.69) is 46.9 Å². The molecule has 11 aromatic rings. The lowest BCUT2D eigenvalue weighted by molar-refractivity contribution is 0.668. The molecule has 48 heavy (non-hydrogen) atoms. The molecule has 0 radical (unpaired) electrons. The van der Waals surface area contributed by atoms with Crippen LogP contribution in [0.5, 0.6) is 0 Å². The Morgan fingerprint density at radius 3 is 1.58 bits per heavy atom. The van der Waals surface area contributed by atoms with Crippen molar-refractivity contribution >= 4 is 71.7 Å². The predicted octanol–water partition coefficient (Wildman–Crippen LogP) is 9.75. The fourth-order valence-corrected chi connectivity index (χ4v) is 7.00. The first kappa shape index (κ1) is 25.4. The molecule has 0 fully saturated rings. The zero-order chi connectivity index (χ0) is 31.3. The Kier molecular flexibility index (Phi) is 4.96. The molecule has 0 saturated heterocycles. The third kappa shape index (κ3) is 3.54. The van der Waals surface area contributed by atoms with Crippen LogP contribution in [0.3, 0.4) is 0 Å². The van der Waals surface area contributed by atoms with Gasteiger partial charge in [0.05, 0.1) is 22.1 Å². The molecule has 6 aromatic carbocycles. The number of benzene rings is 6. The van der Waals surface area contributed by atoms with Crippen LogP contribution in [0.4, 0.5) is 0 Å². The summed E-state index contributed by atoms with van der Waals surface area (Å²) in [6, 6.07) is 44.7. The third-order valence-corrected chi connectivity index (χ3v) is 9.20. The van der Waals surface area contributed by atoms with Gasteiger partial charge in [-0.2, -0.15) is 9.97 Å².